The molecule has 4 heteroatoms. The highest BCUT2D eigenvalue weighted by Gasteiger charge is 2.56. The van der Waals surface area contributed by atoms with E-state index in [9.17, 15) is 14.7 Å². The lowest BCUT2D eigenvalue weighted by atomic mass is 9.55. The van der Waals surface area contributed by atoms with E-state index in [1.54, 1.807) is 6.07 Å². The van der Waals surface area contributed by atoms with E-state index < -0.39 is 5.97 Å². The van der Waals surface area contributed by atoms with Crippen LogP contribution in [0.1, 0.15) is 73.4 Å². The average molecular weight is 342 g/mol. The number of esters is 1. The predicted octanol–water partition coefficient (Wildman–Crippen LogP) is 4.17. The van der Waals surface area contributed by atoms with Crippen molar-refractivity contribution in [3.05, 3.63) is 34.9 Å². The van der Waals surface area contributed by atoms with Gasteiger partial charge in [0.05, 0.1) is 5.56 Å². The molecular formula is C21H26O4. The van der Waals surface area contributed by atoms with E-state index in [1.807, 2.05) is 6.07 Å². The molecule has 1 N–H and O–H groups in total. The Kier molecular flexibility index (Phi) is 3.89. The van der Waals surface area contributed by atoms with Gasteiger partial charge in [-0.1, -0.05) is 13.0 Å². The summed E-state index contributed by atoms with van der Waals surface area (Å²) in [5.41, 5.74) is 3.08. The number of fused-ring (bicyclic) bond motifs is 5. The van der Waals surface area contributed by atoms with Crippen molar-refractivity contribution in [3.8, 4) is 0 Å². The maximum atomic E-state index is 11.5. The molecule has 5 atom stereocenters. The highest BCUT2D eigenvalue weighted by atomic mass is 16.5. The first-order valence-electron chi connectivity index (χ1n) is 9.43. The van der Waals surface area contributed by atoms with Crippen molar-refractivity contribution in [1.29, 1.82) is 0 Å². The van der Waals surface area contributed by atoms with Gasteiger partial charge in [-0.05, 0) is 79.5 Å². The Bertz CT molecular complexity index is 725. The largest absolute Gasteiger partial charge is 0.478 e. The van der Waals surface area contributed by atoms with Crippen LogP contribution in [0.4, 0.5) is 0 Å². The second kappa shape index (κ2) is 5.86. The van der Waals surface area contributed by atoms with Gasteiger partial charge >= 0.3 is 11.9 Å². The van der Waals surface area contributed by atoms with Gasteiger partial charge in [-0.2, -0.15) is 0 Å². The van der Waals surface area contributed by atoms with Gasteiger partial charge in [0.2, 0.25) is 0 Å². The topological polar surface area (TPSA) is 63.6 Å². The molecule has 0 aliphatic heterocycles. The molecule has 0 aromatic heterocycles. The summed E-state index contributed by atoms with van der Waals surface area (Å²) in [6, 6.07) is 5.68. The highest BCUT2D eigenvalue weighted by Crippen LogP contribution is 2.61. The number of aromatic carboxylic acids is 1. The monoisotopic (exact) mass is 342 g/mol. The molecule has 3 aliphatic carbocycles. The lowest BCUT2D eigenvalue weighted by Crippen LogP contribution is -2.45. The van der Waals surface area contributed by atoms with E-state index in [0.29, 0.717) is 23.3 Å². The van der Waals surface area contributed by atoms with Crippen LogP contribution >= 0.6 is 0 Å². The molecule has 0 unspecified atom stereocenters. The van der Waals surface area contributed by atoms with Gasteiger partial charge in [0.25, 0.3) is 0 Å². The van der Waals surface area contributed by atoms with Crippen LogP contribution in [-0.2, 0) is 16.0 Å². The van der Waals surface area contributed by atoms with E-state index in [1.165, 1.54) is 18.1 Å². The fourth-order valence-corrected chi connectivity index (χ4v) is 6.06. The summed E-state index contributed by atoms with van der Waals surface area (Å²) in [7, 11) is 0. The molecule has 2 fully saturated rings. The molecule has 1 aromatic rings. The third-order valence-corrected chi connectivity index (χ3v) is 7.19. The lowest BCUT2D eigenvalue weighted by molar-refractivity contribution is -0.154. The summed E-state index contributed by atoms with van der Waals surface area (Å²) in [5, 5.41) is 9.24. The molecular weight excluding hydrogens is 316 g/mol. The minimum atomic E-state index is -0.846. The normalized spacial score (nSPS) is 36.1. The third-order valence-electron chi connectivity index (χ3n) is 7.19. The Labute approximate surface area is 148 Å². The van der Waals surface area contributed by atoms with Gasteiger partial charge in [-0.25, -0.2) is 4.79 Å². The Morgan fingerprint density at radius 3 is 2.72 bits per heavy atom. The van der Waals surface area contributed by atoms with Crippen molar-refractivity contribution in [2.75, 3.05) is 0 Å². The number of ether oxygens (including phenoxy) is 1. The summed E-state index contributed by atoms with van der Waals surface area (Å²) in [4.78, 5) is 22.7. The maximum Gasteiger partial charge on any atom is 0.335 e. The van der Waals surface area contributed by atoms with Gasteiger partial charge in [-0.15, -0.1) is 0 Å². The van der Waals surface area contributed by atoms with E-state index >= 15 is 0 Å². The number of rotatable bonds is 2. The molecule has 0 saturated heterocycles. The van der Waals surface area contributed by atoms with E-state index in [-0.39, 0.29) is 17.5 Å². The van der Waals surface area contributed by atoms with E-state index in [4.69, 9.17) is 4.74 Å². The van der Waals surface area contributed by atoms with Crippen LogP contribution in [0.15, 0.2) is 18.2 Å². The number of benzene rings is 1. The summed E-state index contributed by atoms with van der Waals surface area (Å²) >= 11 is 0. The summed E-state index contributed by atoms with van der Waals surface area (Å²) < 4.78 is 5.67. The van der Waals surface area contributed by atoms with Gasteiger partial charge in [0, 0.05) is 12.3 Å². The molecule has 4 rings (SSSR count). The molecule has 134 valence electrons. The van der Waals surface area contributed by atoms with Crippen LogP contribution in [0.3, 0.4) is 0 Å². The minimum absolute atomic E-state index is 0.0618. The molecule has 0 bridgehead atoms. The number of carbonyl (C=O) groups is 2. The second-order valence-electron chi connectivity index (χ2n) is 8.35. The molecule has 0 amide bonds. The van der Waals surface area contributed by atoms with Crippen molar-refractivity contribution >= 4 is 11.9 Å². The van der Waals surface area contributed by atoms with Crippen LogP contribution in [0.25, 0.3) is 0 Å². The first-order valence-corrected chi connectivity index (χ1v) is 9.43. The third kappa shape index (κ3) is 2.57. The lowest BCUT2D eigenvalue weighted by Gasteiger charge is -2.50. The van der Waals surface area contributed by atoms with Gasteiger partial charge < -0.3 is 9.84 Å². The summed E-state index contributed by atoms with van der Waals surface area (Å²) in [6.07, 6.45) is 6.45. The SMILES string of the molecule is CC(=O)O[C@@H]1CC[C@@H]2[C@@H]3CCc4cc(C(=O)O)ccc4[C@H]3CC[C@@]21C. The van der Waals surface area contributed by atoms with Crippen LogP contribution in [-0.4, -0.2) is 23.1 Å². The molecule has 4 nitrogen and oxygen atoms in total. The molecule has 0 spiro atoms. The maximum absolute atomic E-state index is 11.5. The van der Waals surface area contributed by atoms with Crippen molar-refractivity contribution in [2.45, 2.75) is 64.4 Å². The first kappa shape index (κ1) is 16.6. The van der Waals surface area contributed by atoms with E-state index in [2.05, 4.69) is 13.0 Å². The van der Waals surface area contributed by atoms with E-state index in [0.717, 1.165) is 38.5 Å². The fourth-order valence-electron chi connectivity index (χ4n) is 6.06. The predicted molar refractivity (Wildman–Crippen MR) is 93.6 cm³/mol. The van der Waals surface area contributed by atoms with Crippen molar-refractivity contribution in [1.82, 2.24) is 0 Å². The highest BCUT2D eigenvalue weighted by molar-refractivity contribution is 5.88. The zero-order chi connectivity index (χ0) is 17.8. The van der Waals surface area contributed by atoms with Crippen LogP contribution in [0.5, 0.6) is 0 Å². The Morgan fingerprint density at radius 2 is 2.00 bits per heavy atom. The van der Waals surface area contributed by atoms with Crippen molar-refractivity contribution in [2.24, 2.45) is 17.3 Å². The number of carboxylic acid groups (broad SMARTS) is 1. The summed E-state index contributed by atoms with van der Waals surface area (Å²) in [6.45, 7) is 3.83. The first-order chi connectivity index (χ1) is 11.9. The zero-order valence-corrected chi connectivity index (χ0v) is 15.0. The quantitative estimate of drug-likeness (QED) is 0.819. The number of hydrogen-bond acceptors (Lipinski definition) is 3. The van der Waals surface area contributed by atoms with Gasteiger partial charge in [0.15, 0.2) is 0 Å². The van der Waals surface area contributed by atoms with Gasteiger partial charge in [-0.3, -0.25) is 4.79 Å². The molecule has 0 heterocycles. The number of carbonyl (C=O) groups excluding carboxylic acids is 1. The Balaban J connectivity index is 1.62. The van der Waals surface area contributed by atoms with Crippen LogP contribution in [0, 0.1) is 17.3 Å². The molecule has 1 aromatic carbocycles. The molecule has 0 radical (unpaired) electrons. The summed E-state index contributed by atoms with van der Waals surface area (Å²) in [5.74, 6) is 0.747. The smallest absolute Gasteiger partial charge is 0.335 e. The zero-order valence-electron chi connectivity index (χ0n) is 15.0. The Morgan fingerprint density at radius 1 is 1.20 bits per heavy atom. The average Bonchev–Trinajstić information content (AvgIpc) is 2.90. The number of aryl methyl sites for hydroxylation is 1. The molecule has 25 heavy (non-hydrogen) atoms. The van der Waals surface area contributed by atoms with Crippen LogP contribution < -0.4 is 0 Å². The van der Waals surface area contributed by atoms with Gasteiger partial charge in [0.1, 0.15) is 6.10 Å². The van der Waals surface area contributed by atoms with Crippen LogP contribution in [0.2, 0.25) is 0 Å². The number of hydrogen-bond donors (Lipinski definition) is 1. The van der Waals surface area contributed by atoms with Crippen molar-refractivity contribution in [3.63, 3.8) is 0 Å². The molecule has 2 saturated carbocycles. The second-order valence-corrected chi connectivity index (χ2v) is 8.35. The molecule has 3 aliphatic rings. The Hall–Kier alpha value is -1.84. The minimum Gasteiger partial charge on any atom is -0.478 e. The standard InChI is InChI=1S/C21H26O4/c1-12(22)25-19-8-7-18-17-6-3-13-11-14(20(23)24)4-5-15(13)16(17)9-10-21(18,19)2/h4-5,11,16-19H,3,6-10H2,1-2H3,(H,23,24)/t16-,17-,18-,19-,21+/m1/s1. The fraction of sp³-hybridized carbons (Fsp3) is 0.619. The number of carboxylic acids is 1. The van der Waals surface area contributed by atoms with Crippen molar-refractivity contribution < 1.29 is 19.4 Å².